The number of hydrogen-bond donors (Lipinski definition) is 0. The molecule has 0 aromatic rings. The quantitative estimate of drug-likeness (QED) is 0.763. The van der Waals surface area contributed by atoms with Gasteiger partial charge in [-0.25, -0.2) is 8.42 Å². The van der Waals surface area contributed by atoms with Gasteiger partial charge in [-0.2, -0.15) is 0 Å². The highest BCUT2D eigenvalue weighted by molar-refractivity contribution is 7.90. The van der Waals surface area contributed by atoms with E-state index >= 15 is 0 Å². The molecular weight excluding hydrogens is 222 g/mol. The number of sulfone groups is 1. The van der Waals surface area contributed by atoms with Gasteiger partial charge >= 0.3 is 0 Å². The molecule has 0 N–H and O–H groups in total. The van der Waals surface area contributed by atoms with E-state index in [-0.39, 0.29) is 0 Å². The summed E-state index contributed by atoms with van der Waals surface area (Å²) < 4.78 is 22.1. The van der Waals surface area contributed by atoms with E-state index in [0.29, 0.717) is 17.7 Å². The third kappa shape index (κ3) is 4.83. The molecule has 0 saturated carbocycles. The molecule has 1 rings (SSSR count). The van der Waals surface area contributed by atoms with Gasteiger partial charge in [-0.05, 0) is 37.3 Å². The van der Waals surface area contributed by atoms with Crippen LogP contribution in [0.25, 0.3) is 0 Å². The zero-order valence-corrected chi connectivity index (χ0v) is 11.8. The molecule has 16 heavy (non-hydrogen) atoms. The Labute approximate surface area is 100 Å². The lowest BCUT2D eigenvalue weighted by Crippen LogP contribution is -2.40. The second-order valence-electron chi connectivity index (χ2n) is 6.11. The topological polar surface area (TPSA) is 37.4 Å². The van der Waals surface area contributed by atoms with Gasteiger partial charge in [-0.3, -0.25) is 0 Å². The van der Waals surface area contributed by atoms with Crippen molar-refractivity contribution in [2.45, 2.75) is 33.6 Å². The van der Waals surface area contributed by atoms with Crippen LogP contribution in [0.1, 0.15) is 33.6 Å². The van der Waals surface area contributed by atoms with Crippen LogP contribution in [0.2, 0.25) is 0 Å². The predicted molar refractivity (Wildman–Crippen MR) is 68.3 cm³/mol. The van der Waals surface area contributed by atoms with Crippen molar-refractivity contribution in [3.05, 3.63) is 0 Å². The van der Waals surface area contributed by atoms with Crippen LogP contribution in [0.15, 0.2) is 0 Å². The van der Waals surface area contributed by atoms with Gasteiger partial charge in [0.25, 0.3) is 0 Å². The molecule has 1 aliphatic rings. The maximum atomic E-state index is 11.1. The number of hydrogen-bond acceptors (Lipinski definition) is 3. The van der Waals surface area contributed by atoms with Crippen LogP contribution in [0.3, 0.4) is 0 Å². The van der Waals surface area contributed by atoms with Gasteiger partial charge in [-0.15, -0.1) is 0 Å². The molecule has 0 aromatic carbocycles. The predicted octanol–water partition coefficient (Wildman–Crippen LogP) is 1.79. The van der Waals surface area contributed by atoms with Gasteiger partial charge in [-0.1, -0.05) is 20.8 Å². The van der Waals surface area contributed by atoms with E-state index in [1.165, 1.54) is 19.1 Å². The summed E-state index contributed by atoms with van der Waals surface area (Å²) >= 11 is 0. The molecule has 0 radical (unpaired) electrons. The van der Waals surface area contributed by atoms with Gasteiger partial charge in [0.15, 0.2) is 0 Å². The summed E-state index contributed by atoms with van der Waals surface area (Å²) in [4.78, 5) is 2.28. The summed E-state index contributed by atoms with van der Waals surface area (Å²) in [6.45, 7) is 9.70. The lowest BCUT2D eigenvalue weighted by Gasteiger charge is -2.38. The highest BCUT2D eigenvalue weighted by Crippen LogP contribution is 2.34. The fourth-order valence-electron chi connectivity index (χ4n) is 2.32. The van der Waals surface area contributed by atoms with Crippen LogP contribution in [0, 0.1) is 11.3 Å². The summed E-state index contributed by atoms with van der Waals surface area (Å²) in [5.41, 5.74) is 0.392. The normalized spacial score (nSPS) is 21.2. The Morgan fingerprint density at radius 2 is 1.69 bits per heavy atom. The van der Waals surface area contributed by atoms with E-state index in [0.717, 1.165) is 19.0 Å². The maximum absolute atomic E-state index is 11.1. The molecule has 0 amide bonds. The Balaban J connectivity index is 2.33. The third-order valence-corrected chi connectivity index (χ3v) is 4.51. The van der Waals surface area contributed by atoms with Crippen LogP contribution < -0.4 is 0 Å². The van der Waals surface area contributed by atoms with Crippen molar-refractivity contribution in [3.8, 4) is 0 Å². The van der Waals surface area contributed by atoms with Crippen LogP contribution in [0.4, 0.5) is 0 Å². The van der Waals surface area contributed by atoms with Gasteiger partial charge in [0.1, 0.15) is 9.84 Å². The molecule has 0 atom stereocenters. The van der Waals surface area contributed by atoms with Crippen molar-refractivity contribution in [1.82, 2.24) is 4.90 Å². The Morgan fingerprint density at radius 1 is 1.19 bits per heavy atom. The molecule has 0 aliphatic carbocycles. The lowest BCUT2D eigenvalue weighted by atomic mass is 9.75. The van der Waals surface area contributed by atoms with Crippen molar-refractivity contribution in [2.75, 3.05) is 31.6 Å². The van der Waals surface area contributed by atoms with Gasteiger partial charge < -0.3 is 4.90 Å². The highest BCUT2D eigenvalue weighted by atomic mass is 32.2. The molecule has 3 nitrogen and oxygen atoms in total. The number of piperidine rings is 1. The van der Waals surface area contributed by atoms with Crippen LogP contribution in [-0.4, -0.2) is 45.0 Å². The summed E-state index contributed by atoms with van der Waals surface area (Å²) in [6.07, 6.45) is 3.72. The van der Waals surface area contributed by atoms with E-state index in [1.54, 1.807) is 0 Å². The smallest absolute Gasteiger partial charge is 0.148 e. The van der Waals surface area contributed by atoms with Gasteiger partial charge in [0.2, 0.25) is 0 Å². The second kappa shape index (κ2) is 5.05. The fraction of sp³-hybridized carbons (Fsp3) is 1.00. The molecule has 4 heteroatoms. The first-order chi connectivity index (χ1) is 7.18. The first kappa shape index (κ1) is 14.0. The summed E-state index contributed by atoms with van der Waals surface area (Å²) in [7, 11) is -2.81. The van der Waals surface area contributed by atoms with Gasteiger partial charge in [0, 0.05) is 12.8 Å². The lowest BCUT2D eigenvalue weighted by molar-refractivity contribution is 0.116. The summed E-state index contributed by atoms with van der Waals surface area (Å²) in [6, 6.07) is 0. The number of rotatable bonds is 3. The first-order valence-corrected chi connectivity index (χ1v) is 8.14. The Bertz CT molecular complexity index is 308. The monoisotopic (exact) mass is 247 g/mol. The molecular formula is C12H25NO2S. The zero-order chi connectivity index (χ0) is 12.4. The van der Waals surface area contributed by atoms with E-state index < -0.39 is 9.84 Å². The molecule has 1 saturated heterocycles. The first-order valence-electron chi connectivity index (χ1n) is 6.08. The van der Waals surface area contributed by atoms with E-state index in [1.807, 2.05) is 0 Å². The van der Waals surface area contributed by atoms with E-state index in [2.05, 4.69) is 25.7 Å². The molecule has 0 unspecified atom stereocenters. The Hall–Kier alpha value is -0.0900. The average molecular weight is 247 g/mol. The average Bonchev–Trinajstić information content (AvgIpc) is 2.13. The second-order valence-corrected chi connectivity index (χ2v) is 8.37. The number of nitrogens with zero attached hydrogens (tertiary/aromatic N) is 1. The third-order valence-electron chi connectivity index (χ3n) is 3.59. The minimum absolute atomic E-state index is 0.299. The van der Waals surface area contributed by atoms with Crippen LogP contribution in [-0.2, 0) is 9.84 Å². The van der Waals surface area contributed by atoms with Crippen LogP contribution in [0.5, 0.6) is 0 Å². The summed E-state index contributed by atoms with van der Waals surface area (Å²) in [5, 5.41) is 0. The van der Waals surface area contributed by atoms with Crippen molar-refractivity contribution >= 4 is 9.84 Å². The van der Waals surface area contributed by atoms with Crippen molar-refractivity contribution in [2.24, 2.45) is 11.3 Å². The van der Waals surface area contributed by atoms with Crippen molar-refractivity contribution < 1.29 is 8.42 Å². The summed E-state index contributed by atoms with van der Waals surface area (Å²) in [5.74, 6) is 1.08. The van der Waals surface area contributed by atoms with Crippen molar-refractivity contribution in [3.63, 3.8) is 0 Å². The minimum Gasteiger partial charge on any atom is -0.302 e. The number of likely N-dealkylation sites (tertiary alicyclic amines) is 1. The largest absolute Gasteiger partial charge is 0.302 e. The highest BCUT2D eigenvalue weighted by Gasteiger charge is 2.28. The molecule has 0 aromatic heterocycles. The Kier molecular flexibility index (Phi) is 4.41. The molecule has 0 bridgehead atoms. The van der Waals surface area contributed by atoms with E-state index in [9.17, 15) is 8.42 Å². The Morgan fingerprint density at radius 3 is 2.06 bits per heavy atom. The SMILES string of the molecule is CC(C)(C)C1CCN(CCS(C)(=O)=O)CC1. The zero-order valence-electron chi connectivity index (χ0n) is 11.0. The molecule has 96 valence electrons. The molecule has 0 spiro atoms. The minimum atomic E-state index is -2.81. The van der Waals surface area contributed by atoms with Crippen LogP contribution >= 0.6 is 0 Å². The molecule has 1 heterocycles. The van der Waals surface area contributed by atoms with Crippen molar-refractivity contribution in [1.29, 1.82) is 0 Å². The molecule has 1 aliphatic heterocycles. The fourth-order valence-corrected chi connectivity index (χ4v) is 2.91. The maximum Gasteiger partial charge on any atom is 0.148 e. The molecule has 1 fully saturated rings. The standard InChI is InChI=1S/C12H25NO2S/c1-12(2,3)11-5-7-13(8-6-11)9-10-16(4,14)15/h11H,5-10H2,1-4H3. The van der Waals surface area contributed by atoms with E-state index in [4.69, 9.17) is 0 Å². The van der Waals surface area contributed by atoms with Gasteiger partial charge in [0.05, 0.1) is 5.75 Å².